The lowest BCUT2D eigenvalue weighted by atomic mass is 9.92. The van der Waals surface area contributed by atoms with Gasteiger partial charge in [-0.15, -0.1) is 0 Å². The fraction of sp³-hybridized carbons (Fsp3) is 0.583. The number of aryl methyl sites for hydroxylation is 2. The molecule has 2 heteroatoms. The van der Waals surface area contributed by atoms with E-state index in [2.05, 4.69) is 30.2 Å². The first-order chi connectivity index (χ1) is 6.77. The van der Waals surface area contributed by atoms with E-state index in [0.29, 0.717) is 5.92 Å². The highest BCUT2D eigenvalue weighted by Crippen LogP contribution is 2.23. The molecular formula is C12H18N2. The number of piperidine rings is 1. The average Bonchev–Trinajstić information content (AvgIpc) is 2.23. The highest BCUT2D eigenvalue weighted by atomic mass is 14.9. The predicted molar refractivity (Wildman–Crippen MR) is 58.6 cm³/mol. The van der Waals surface area contributed by atoms with Crippen molar-refractivity contribution in [3.05, 3.63) is 29.1 Å². The van der Waals surface area contributed by atoms with E-state index in [0.717, 1.165) is 12.2 Å². The van der Waals surface area contributed by atoms with Gasteiger partial charge in [0.1, 0.15) is 0 Å². The summed E-state index contributed by atoms with van der Waals surface area (Å²) >= 11 is 0. The Labute approximate surface area is 85.7 Å². The number of pyridine rings is 1. The van der Waals surface area contributed by atoms with Crippen LogP contribution in [0.2, 0.25) is 0 Å². The van der Waals surface area contributed by atoms with Gasteiger partial charge >= 0.3 is 0 Å². The summed E-state index contributed by atoms with van der Waals surface area (Å²) in [5, 5.41) is 3.44. The first kappa shape index (κ1) is 9.66. The molecule has 1 aliphatic heterocycles. The van der Waals surface area contributed by atoms with Gasteiger partial charge in [-0.2, -0.15) is 0 Å². The minimum absolute atomic E-state index is 0.676. The number of nitrogens with zero attached hydrogens (tertiary/aromatic N) is 1. The highest BCUT2D eigenvalue weighted by Gasteiger charge is 2.15. The standard InChI is InChI=1S/C12H18N2/c1-9-6-12(8-14-10(9)2)11-4-3-5-13-7-11/h6,8,11,13H,3-5,7H2,1-2H3. The van der Waals surface area contributed by atoms with Crippen molar-refractivity contribution in [1.82, 2.24) is 10.3 Å². The largest absolute Gasteiger partial charge is 0.316 e. The topological polar surface area (TPSA) is 24.9 Å². The summed E-state index contributed by atoms with van der Waals surface area (Å²) in [5.41, 5.74) is 3.87. The van der Waals surface area contributed by atoms with Crippen LogP contribution in [0.3, 0.4) is 0 Å². The van der Waals surface area contributed by atoms with E-state index in [9.17, 15) is 0 Å². The van der Waals surface area contributed by atoms with E-state index in [1.54, 1.807) is 0 Å². The number of hydrogen-bond donors (Lipinski definition) is 1. The van der Waals surface area contributed by atoms with Crippen molar-refractivity contribution < 1.29 is 0 Å². The van der Waals surface area contributed by atoms with Crippen LogP contribution < -0.4 is 5.32 Å². The number of rotatable bonds is 1. The van der Waals surface area contributed by atoms with Crippen LogP contribution in [0.15, 0.2) is 12.3 Å². The van der Waals surface area contributed by atoms with E-state index in [-0.39, 0.29) is 0 Å². The Hall–Kier alpha value is -0.890. The van der Waals surface area contributed by atoms with E-state index >= 15 is 0 Å². The van der Waals surface area contributed by atoms with Crippen molar-refractivity contribution in [2.75, 3.05) is 13.1 Å². The maximum Gasteiger partial charge on any atom is 0.0401 e. The summed E-state index contributed by atoms with van der Waals surface area (Å²) in [6.45, 7) is 6.50. The molecule has 1 aromatic rings. The Kier molecular flexibility index (Phi) is 2.82. The van der Waals surface area contributed by atoms with Crippen LogP contribution >= 0.6 is 0 Å². The normalized spacial score (nSPS) is 22.3. The second kappa shape index (κ2) is 4.09. The van der Waals surface area contributed by atoms with Crippen molar-refractivity contribution in [3.8, 4) is 0 Å². The van der Waals surface area contributed by atoms with Gasteiger partial charge in [-0.1, -0.05) is 6.07 Å². The molecule has 1 saturated heterocycles. The Morgan fingerprint density at radius 3 is 2.93 bits per heavy atom. The third kappa shape index (κ3) is 1.95. The summed E-state index contributed by atoms with van der Waals surface area (Å²) in [6.07, 6.45) is 4.63. The van der Waals surface area contributed by atoms with Crippen LogP contribution in [-0.2, 0) is 0 Å². The molecule has 1 fully saturated rings. The van der Waals surface area contributed by atoms with Gasteiger partial charge in [-0.05, 0) is 50.3 Å². The second-order valence-corrected chi connectivity index (χ2v) is 4.21. The van der Waals surface area contributed by atoms with Gasteiger partial charge in [0.05, 0.1) is 0 Å². The lowest BCUT2D eigenvalue weighted by Gasteiger charge is -2.23. The maximum atomic E-state index is 4.43. The molecule has 2 heterocycles. The highest BCUT2D eigenvalue weighted by molar-refractivity contribution is 5.26. The molecule has 0 spiro atoms. The summed E-state index contributed by atoms with van der Waals surface area (Å²) in [6, 6.07) is 2.29. The third-order valence-corrected chi connectivity index (χ3v) is 3.13. The molecule has 1 aliphatic rings. The first-order valence-electron chi connectivity index (χ1n) is 5.41. The molecule has 0 bridgehead atoms. The van der Waals surface area contributed by atoms with E-state index in [4.69, 9.17) is 0 Å². The zero-order chi connectivity index (χ0) is 9.97. The van der Waals surface area contributed by atoms with Gasteiger partial charge < -0.3 is 5.32 Å². The smallest absolute Gasteiger partial charge is 0.0401 e. The zero-order valence-electron chi connectivity index (χ0n) is 9.01. The molecule has 0 aliphatic carbocycles. The van der Waals surface area contributed by atoms with Crippen molar-refractivity contribution in [3.63, 3.8) is 0 Å². The van der Waals surface area contributed by atoms with Crippen molar-refractivity contribution in [1.29, 1.82) is 0 Å². The van der Waals surface area contributed by atoms with E-state index < -0.39 is 0 Å². The van der Waals surface area contributed by atoms with Crippen LogP contribution in [0, 0.1) is 13.8 Å². The molecule has 0 radical (unpaired) electrons. The maximum absolute atomic E-state index is 4.43. The Morgan fingerprint density at radius 1 is 1.43 bits per heavy atom. The van der Waals surface area contributed by atoms with Gasteiger partial charge in [0, 0.05) is 18.4 Å². The SMILES string of the molecule is Cc1cc(C2CCCNC2)cnc1C. The minimum atomic E-state index is 0.676. The minimum Gasteiger partial charge on any atom is -0.316 e. The molecule has 1 atom stereocenters. The summed E-state index contributed by atoms with van der Waals surface area (Å²) in [5.74, 6) is 0.676. The molecule has 1 N–H and O–H groups in total. The Morgan fingerprint density at radius 2 is 2.29 bits per heavy atom. The lowest BCUT2D eigenvalue weighted by molar-refractivity contribution is 0.460. The quantitative estimate of drug-likeness (QED) is 0.734. The number of hydrogen-bond acceptors (Lipinski definition) is 2. The van der Waals surface area contributed by atoms with E-state index in [1.165, 1.54) is 30.5 Å². The Balaban J connectivity index is 2.18. The van der Waals surface area contributed by atoms with Crippen LogP contribution in [0.5, 0.6) is 0 Å². The van der Waals surface area contributed by atoms with Gasteiger partial charge in [0.25, 0.3) is 0 Å². The predicted octanol–water partition coefficient (Wildman–Crippen LogP) is 2.17. The molecule has 76 valence electrons. The molecular weight excluding hydrogens is 172 g/mol. The van der Waals surface area contributed by atoms with Crippen molar-refractivity contribution in [2.24, 2.45) is 0 Å². The van der Waals surface area contributed by atoms with Gasteiger partial charge in [-0.3, -0.25) is 4.98 Å². The van der Waals surface area contributed by atoms with Gasteiger partial charge in [0.2, 0.25) is 0 Å². The Bertz CT molecular complexity index is 314. The molecule has 0 saturated carbocycles. The van der Waals surface area contributed by atoms with Crippen LogP contribution in [0.1, 0.15) is 35.6 Å². The van der Waals surface area contributed by atoms with Crippen LogP contribution in [0.4, 0.5) is 0 Å². The fourth-order valence-electron chi connectivity index (χ4n) is 2.02. The first-order valence-corrected chi connectivity index (χ1v) is 5.41. The number of nitrogens with one attached hydrogen (secondary N) is 1. The molecule has 0 amide bonds. The van der Waals surface area contributed by atoms with Crippen LogP contribution in [-0.4, -0.2) is 18.1 Å². The third-order valence-electron chi connectivity index (χ3n) is 3.13. The molecule has 14 heavy (non-hydrogen) atoms. The van der Waals surface area contributed by atoms with E-state index in [1.807, 2.05) is 6.20 Å². The molecule has 2 nitrogen and oxygen atoms in total. The average molecular weight is 190 g/mol. The fourth-order valence-corrected chi connectivity index (χ4v) is 2.02. The molecule has 1 unspecified atom stereocenters. The summed E-state index contributed by atoms with van der Waals surface area (Å²) < 4.78 is 0. The monoisotopic (exact) mass is 190 g/mol. The molecule has 1 aromatic heterocycles. The van der Waals surface area contributed by atoms with Crippen molar-refractivity contribution >= 4 is 0 Å². The van der Waals surface area contributed by atoms with Gasteiger partial charge in [-0.25, -0.2) is 0 Å². The second-order valence-electron chi connectivity index (χ2n) is 4.21. The number of aromatic nitrogens is 1. The molecule has 0 aromatic carbocycles. The summed E-state index contributed by atoms with van der Waals surface area (Å²) in [7, 11) is 0. The zero-order valence-corrected chi connectivity index (χ0v) is 9.01. The van der Waals surface area contributed by atoms with Crippen LogP contribution in [0.25, 0.3) is 0 Å². The summed E-state index contributed by atoms with van der Waals surface area (Å²) in [4.78, 5) is 4.43. The molecule has 2 rings (SSSR count). The van der Waals surface area contributed by atoms with Crippen molar-refractivity contribution in [2.45, 2.75) is 32.6 Å². The van der Waals surface area contributed by atoms with Gasteiger partial charge in [0.15, 0.2) is 0 Å². The lowest BCUT2D eigenvalue weighted by Crippen LogP contribution is -2.28.